The summed E-state index contributed by atoms with van der Waals surface area (Å²) in [6.45, 7) is 16.6. The molecule has 0 spiro atoms. The van der Waals surface area contributed by atoms with Gasteiger partial charge >= 0.3 is 0 Å². The Kier molecular flexibility index (Phi) is 8.94. The lowest BCUT2D eigenvalue weighted by Crippen LogP contribution is -2.18. The molecule has 0 aliphatic heterocycles. The Morgan fingerprint density at radius 2 is 1.88 bits per heavy atom. The maximum Gasteiger partial charge on any atom is 0.120 e. The SMILES string of the molecule is C=C(C)c1cc(OC(CCC)CCO)cc(C(=C)S/C(C)=C\C)c1. The van der Waals surface area contributed by atoms with Gasteiger partial charge in [-0.1, -0.05) is 49.9 Å². The summed E-state index contributed by atoms with van der Waals surface area (Å²) in [5, 5.41) is 9.24. The van der Waals surface area contributed by atoms with Crippen molar-refractivity contribution in [3.05, 3.63) is 53.5 Å². The second-order valence-corrected chi connectivity index (χ2v) is 7.33. The monoisotopic (exact) mass is 346 g/mol. The summed E-state index contributed by atoms with van der Waals surface area (Å²) < 4.78 is 6.14. The van der Waals surface area contributed by atoms with Crippen molar-refractivity contribution in [2.75, 3.05) is 6.61 Å². The van der Waals surface area contributed by atoms with Crippen LogP contribution in [0, 0.1) is 0 Å². The van der Waals surface area contributed by atoms with Crippen LogP contribution in [0.5, 0.6) is 5.75 Å². The van der Waals surface area contributed by atoms with Crippen LogP contribution in [0.4, 0.5) is 0 Å². The molecule has 1 N–H and O–H groups in total. The average Bonchev–Trinajstić information content (AvgIpc) is 2.54. The van der Waals surface area contributed by atoms with E-state index < -0.39 is 0 Å². The van der Waals surface area contributed by atoms with E-state index in [1.165, 1.54) is 4.91 Å². The Labute approximate surface area is 151 Å². The molecule has 1 rings (SSSR count). The number of rotatable bonds is 10. The van der Waals surface area contributed by atoms with Gasteiger partial charge in [-0.15, -0.1) is 0 Å². The minimum atomic E-state index is 0.0337. The van der Waals surface area contributed by atoms with Gasteiger partial charge in [0.25, 0.3) is 0 Å². The molecule has 1 unspecified atom stereocenters. The first-order chi connectivity index (χ1) is 11.4. The van der Waals surface area contributed by atoms with E-state index in [4.69, 9.17) is 4.74 Å². The molecule has 0 amide bonds. The van der Waals surface area contributed by atoms with Crippen LogP contribution in [-0.4, -0.2) is 17.8 Å². The number of aliphatic hydroxyl groups excluding tert-OH is 1. The summed E-state index contributed by atoms with van der Waals surface area (Å²) in [6, 6.07) is 6.16. The normalized spacial score (nSPS) is 12.8. The van der Waals surface area contributed by atoms with Gasteiger partial charge in [0.1, 0.15) is 11.9 Å². The highest BCUT2D eigenvalue weighted by atomic mass is 32.2. The van der Waals surface area contributed by atoms with Crippen molar-refractivity contribution < 1.29 is 9.84 Å². The predicted octanol–water partition coefficient (Wildman–Crippen LogP) is 6.28. The number of hydrogen-bond donors (Lipinski definition) is 1. The fourth-order valence-electron chi connectivity index (χ4n) is 2.31. The number of allylic oxidation sites excluding steroid dienone is 3. The van der Waals surface area contributed by atoms with E-state index in [-0.39, 0.29) is 12.7 Å². The summed E-state index contributed by atoms with van der Waals surface area (Å²) in [5.41, 5.74) is 3.11. The van der Waals surface area contributed by atoms with Gasteiger partial charge in [-0.05, 0) is 61.4 Å². The fraction of sp³-hybridized carbons (Fsp3) is 0.429. The molecule has 0 saturated heterocycles. The van der Waals surface area contributed by atoms with Crippen molar-refractivity contribution in [1.29, 1.82) is 0 Å². The van der Waals surface area contributed by atoms with E-state index in [2.05, 4.69) is 39.1 Å². The Balaban J connectivity index is 3.11. The molecule has 0 aliphatic rings. The van der Waals surface area contributed by atoms with Crippen molar-refractivity contribution in [1.82, 2.24) is 0 Å². The largest absolute Gasteiger partial charge is 0.490 e. The summed E-state index contributed by atoms with van der Waals surface area (Å²) in [7, 11) is 0. The quantitative estimate of drug-likeness (QED) is 0.541. The van der Waals surface area contributed by atoms with E-state index >= 15 is 0 Å². The summed E-state index contributed by atoms with van der Waals surface area (Å²) in [4.78, 5) is 2.21. The smallest absolute Gasteiger partial charge is 0.120 e. The van der Waals surface area contributed by atoms with E-state index in [0.717, 1.165) is 40.2 Å². The van der Waals surface area contributed by atoms with Gasteiger partial charge in [0.15, 0.2) is 0 Å². The van der Waals surface area contributed by atoms with Crippen LogP contribution < -0.4 is 4.74 Å². The summed E-state index contributed by atoms with van der Waals surface area (Å²) >= 11 is 1.66. The average molecular weight is 347 g/mol. The molecule has 0 saturated carbocycles. The van der Waals surface area contributed by atoms with Crippen LogP contribution in [0.1, 0.15) is 58.1 Å². The van der Waals surface area contributed by atoms with Crippen LogP contribution in [0.3, 0.4) is 0 Å². The van der Waals surface area contributed by atoms with Crippen LogP contribution in [0.2, 0.25) is 0 Å². The number of benzene rings is 1. The third-order valence-corrected chi connectivity index (χ3v) is 4.82. The first-order valence-corrected chi connectivity index (χ1v) is 9.31. The van der Waals surface area contributed by atoms with Gasteiger partial charge in [-0.2, -0.15) is 0 Å². The standard InChI is InChI=1S/C21H30O2S/c1-7-9-20(10-11-22)23-21-13-18(15(3)4)12-19(14-21)17(6)24-16(5)8-2/h8,12-14,20,22H,3,6-7,9-11H2,1-2,4-5H3/b16-8-. The van der Waals surface area contributed by atoms with E-state index in [1.54, 1.807) is 11.8 Å². The topological polar surface area (TPSA) is 29.5 Å². The fourth-order valence-corrected chi connectivity index (χ4v) is 3.05. The molecule has 0 aromatic heterocycles. The molecule has 0 radical (unpaired) electrons. The Bertz CT molecular complexity index is 596. The molecule has 0 heterocycles. The van der Waals surface area contributed by atoms with Gasteiger partial charge in [0.2, 0.25) is 0 Å². The van der Waals surface area contributed by atoms with Gasteiger partial charge in [-0.25, -0.2) is 0 Å². The maximum atomic E-state index is 9.24. The Morgan fingerprint density at radius 1 is 1.21 bits per heavy atom. The first kappa shape index (κ1) is 20.6. The van der Waals surface area contributed by atoms with Gasteiger partial charge < -0.3 is 9.84 Å². The number of ether oxygens (including phenoxy) is 1. The van der Waals surface area contributed by atoms with Crippen molar-refractivity contribution in [2.45, 2.75) is 53.1 Å². The summed E-state index contributed by atoms with van der Waals surface area (Å²) in [5.74, 6) is 0.817. The molecule has 1 atom stereocenters. The van der Waals surface area contributed by atoms with Crippen molar-refractivity contribution in [3.8, 4) is 5.75 Å². The van der Waals surface area contributed by atoms with Gasteiger partial charge in [-0.3, -0.25) is 0 Å². The molecule has 2 nitrogen and oxygen atoms in total. The molecule has 1 aromatic rings. The molecule has 24 heavy (non-hydrogen) atoms. The lowest BCUT2D eigenvalue weighted by molar-refractivity contribution is 0.145. The molecule has 0 bridgehead atoms. The van der Waals surface area contributed by atoms with Crippen LogP contribution >= 0.6 is 11.8 Å². The second kappa shape index (κ2) is 10.4. The summed E-state index contributed by atoms with van der Waals surface area (Å²) in [6.07, 6.45) is 4.72. The van der Waals surface area contributed by atoms with Crippen LogP contribution in [0.25, 0.3) is 10.5 Å². The van der Waals surface area contributed by atoms with Crippen molar-refractivity contribution in [3.63, 3.8) is 0 Å². The van der Waals surface area contributed by atoms with E-state index in [0.29, 0.717) is 6.42 Å². The highest BCUT2D eigenvalue weighted by molar-refractivity contribution is 8.11. The minimum Gasteiger partial charge on any atom is -0.490 e. The van der Waals surface area contributed by atoms with E-state index in [9.17, 15) is 5.11 Å². The zero-order valence-electron chi connectivity index (χ0n) is 15.4. The minimum absolute atomic E-state index is 0.0337. The first-order valence-electron chi connectivity index (χ1n) is 8.49. The van der Waals surface area contributed by atoms with Crippen molar-refractivity contribution >= 4 is 22.2 Å². The lowest BCUT2D eigenvalue weighted by Gasteiger charge is -2.19. The lowest BCUT2D eigenvalue weighted by atomic mass is 10.0. The molecule has 0 fully saturated rings. The third kappa shape index (κ3) is 6.58. The number of aliphatic hydroxyl groups is 1. The Hall–Kier alpha value is -1.45. The number of hydrogen-bond acceptors (Lipinski definition) is 3. The van der Waals surface area contributed by atoms with E-state index in [1.807, 2.05) is 26.0 Å². The third-order valence-electron chi connectivity index (χ3n) is 3.78. The van der Waals surface area contributed by atoms with Crippen molar-refractivity contribution in [2.24, 2.45) is 0 Å². The maximum absolute atomic E-state index is 9.24. The predicted molar refractivity (Wildman–Crippen MR) is 108 cm³/mol. The second-order valence-electron chi connectivity index (χ2n) is 5.99. The van der Waals surface area contributed by atoms with Crippen LogP contribution in [-0.2, 0) is 0 Å². The number of thioether (sulfide) groups is 1. The molecular formula is C21H30O2S. The molecule has 3 heteroatoms. The zero-order chi connectivity index (χ0) is 18.1. The molecule has 1 aromatic carbocycles. The molecule has 132 valence electrons. The molecular weight excluding hydrogens is 316 g/mol. The molecule has 0 aliphatic carbocycles. The van der Waals surface area contributed by atoms with Crippen LogP contribution in [0.15, 0.2) is 42.3 Å². The van der Waals surface area contributed by atoms with Gasteiger partial charge in [0, 0.05) is 17.9 Å². The highest BCUT2D eigenvalue weighted by Gasteiger charge is 2.12. The highest BCUT2D eigenvalue weighted by Crippen LogP contribution is 2.35. The Morgan fingerprint density at radius 3 is 2.42 bits per heavy atom. The zero-order valence-corrected chi connectivity index (χ0v) is 16.2. The van der Waals surface area contributed by atoms with Gasteiger partial charge in [0.05, 0.1) is 0 Å².